The molecule has 3 amide bonds. The molecule has 3 N–H and O–H groups in total. The predicted molar refractivity (Wildman–Crippen MR) is 152 cm³/mol. The third kappa shape index (κ3) is 9.19. The first kappa shape index (κ1) is 31.5. The van der Waals surface area contributed by atoms with Crippen LogP contribution in [0.5, 0.6) is 11.5 Å². The standard InChI is InChI=1S/C30H43N3O6/c1-9-20(4)33(28(36)24(18-19(2)3)32-29(37)39-30(5,6)7)26(23-12-10-11-13-25(23)34)27(35)31-21-14-16-22(38-8)17-15-21/h10-17,19-20,24,26,34H,9,18H2,1-8H3,(H,31,35)(H,32,37). The van der Waals surface area contributed by atoms with Gasteiger partial charge >= 0.3 is 6.09 Å². The number of carbonyl (C=O) groups excluding carboxylic acids is 3. The molecule has 2 aromatic rings. The number of nitrogens with zero attached hydrogens (tertiary/aromatic N) is 1. The van der Waals surface area contributed by atoms with Crippen LogP contribution in [0.15, 0.2) is 48.5 Å². The van der Waals surface area contributed by atoms with Gasteiger partial charge in [0.05, 0.1) is 7.11 Å². The molecule has 0 saturated carbocycles. The average molecular weight is 542 g/mol. The molecule has 9 nitrogen and oxygen atoms in total. The molecule has 0 saturated heterocycles. The minimum atomic E-state index is -1.18. The summed E-state index contributed by atoms with van der Waals surface area (Å²) in [5.41, 5.74) is 0.0313. The molecule has 0 heterocycles. The Labute approximate surface area is 231 Å². The van der Waals surface area contributed by atoms with Crippen molar-refractivity contribution in [2.24, 2.45) is 5.92 Å². The van der Waals surface area contributed by atoms with Gasteiger partial charge in [-0.15, -0.1) is 0 Å². The number of methoxy groups -OCH3 is 1. The third-order valence-corrected chi connectivity index (χ3v) is 6.13. The number of amides is 3. The summed E-state index contributed by atoms with van der Waals surface area (Å²) in [6.45, 7) is 12.9. The van der Waals surface area contributed by atoms with Gasteiger partial charge in [-0.1, -0.05) is 39.0 Å². The molecule has 0 aliphatic rings. The van der Waals surface area contributed by atoms with E-state index in [2.05, 4.69) is 10.6 Å². The van der Waals surface area contributed by atoms with E-state index in [0.29, 0.717) is 24.3 Å². The van der Waals surface area contributed by atoms with Gasteiger partial charge in [-0.25, -0.2) is 4.79 Å². The lowest BCUT2D eigenvalue weighted by Gasteiger charge is -2.38. The second-order valence-electron chi connectivity index (χ2n) is 11.0. The maximum Gasteiger partial charge on any atom is 0.408 e. The first-order valence-corrected chi connectivity index (χ1v) is 13.3. The molecule has 2 rings (SSSR count). The van der Waals surface area contributed by atoms with Gasteiger partial charge in [-0.05, 0) is 76.8 Å². The van der Waals surface area contributed by atoms with Crippen molar-refractivity contribution in [1.29, 1.82) is 0 Å². The van der Waals surface area contributed by atoms with E-state index in [9.17, 15) is 19.5 Å². The summed E-state index contributed by atoms with van der Waals surface area (Å²) >= 11 is 0. The number of alkyl carbamates (subject to hydrolysis) is 1. The number of para-hydroxylation sites is 1. The molecule has 0 fully saturated rings. The Morgan fingerprint density at radius 3 is 2.13 bits per heavy atom. The van der Waals surface area contributed by atoms with Gasteiger partial charge in [0.2, 0.25) is 5.91 Å². The molecule has 0 spiro atoms. The maximum absolute atomic E-state index is 14.2. The number of carbonyl (C=O) groups is 3. The molecule has 9 heteroatoms. The first-order valence-electron chi connectivity index (χ1n) is 13.3. The molecule has 0 aliphatic carbocycles. The van der Waals surface area contributed by atoms with Gasteiger partial charge < -0.3 is 30.1 Å². The van der Waals surface area contributed by atoms with Crippen molar-refractivity contribution in [1.82, 2.24) is 10.2 Å². The van der Waals surface area contributed by atoms with E-state index in [-0.39, 0.29) is 17.2 Å². The van der Waals surface area contributed by atoms with E-state index in [0.717, 1.165) is 0 Å². The molecular formula is C30H43N3O6. The number of nitrogens with one attached hydrogen (secondary N) is 2. The molecule has 0 radical (unpaired) electrons. The summed E-state index contributed by atoms with van der Waals surface area (Å²) in [7, 11) is 1.55. The summed E-state index contributed by atoms with van der Waals surface area (Å²) in [6.07, 6.45) is 0.151. The monoisotopic (exact) mass is 541 g/mol. The zero-order valence-electron chi connectivity index (χ0n) is 24.3. The lowest BCUT2D eigenvalue weighted by atomic mass is 9.96. The number of aromatic hydroxyl groups is 1. The number of phenols is 1. The number of hydrogen-bond acceptors (Lipinski definition) is 6. The minimum Gasteiger partial charge on any atom is -0.508 e. The van der Waals surface area contributed by atoms with Gasteiger partial charge in [0.1, 0.15) is 29.2 Å². The highest BCUT2D eigenvalue weighted by Crippen LogP contribution is 2.33. The molecule has 2 aromatic carbocycles. The Balaban J connectivity index is 2.56. The highest BCUT2D eigenvalue weighted by atomic mass is 16.6. The third-order valence-electron chi connectivity index (χ3n) is 6.13. The number of ether oxygens (including phenoxy) is 2. The topological polar surface area (TPSA) is 117 Å². The van der Waals surface area contributed by atoms with Gasteiger partial charge in [0, 0.05) is 17.3 Å². The van der Waals surface area contributed by atoms with Crippen molar-refractivity contribution in [3.8, 4) is 11.5 Å². The molecular weight excluding hydrogens is 498 g/mol. The van der Waals surface area contributed by atoms with Crippen molar-refractivity contribution >= 4 is 23.6 Å². The van der Waals surface area contributed by atoms with Crippen molar-refractivity contribution in [2.75, 3.05) is 12.4 Å². The highest BCUT2D eigenvalue weighted by Gasteiger charge is 2.39. The lowest BCUT2D eigenvalue weighted by molar-refractivity contribution is -0.143. The Morgan fingerprint density at radius 2 is 1.62 bits per heavy atom. The van der Waals surface area contributed by atoms with Gasteiger partial charge in [0.15, 0.2) is 0 Å². The predicted octanol–water partition coefficient (Wildman–Crippen LogP) is 5.65. The van der Waals surface area contributed by atoms with E-state index >= 15 is 0 Å². The zero-order valence-corrected chi connectivity index (χ0v) is 24.3. The van der Waals surface area contributed by atoms with E-state index < -0.39 is 41.6 Å². The number of benzene rings is 2. The van der Waals surface area contributed by atoms with Crippen molar-refractivity contribution in [3.63, 3.8) is 0 Å². The summed E-state index contributed by atoms with van der Waals surface area (Å²) in [6, 6.07) is 10.7. The van der Waals surface area contributed by atoms with Crippen LogP contribution in [-0.4, -0.2) is 52.7 Å². The quantitative estimate of drug-likeness (QED) is 0.339. The maximum atomic E-state index is 14.2. The summed E-state index contributed by atoms with van der Waals surface area (Å²) < 4.78 is 10.6. The lowest BCUT2D eigenvalue weighted by Crippen LogP contribution is -2.55. The van der Waals surface area contributed by atoms with E-state index in [4.69, 9.17) is 9.47 Å². The summed E-state index contributed by atoms with van der Waals surface area (Å²) in [5.74, 6) is -0.373. The SMILES string of the molecule is CCC(C)N(C(=O)C(CC(C)C)NC(=O)OC(C)(C)C)C(C(=O)Nc1ccc(OC)cc1)c1ccccc1O. The Kier molecular flexibility index (Phi) is 11.2. The molecule has 39 heavy (non-hydrogen) atoms. The van der Waals surface area contributed by atoms with Crippen LogP contribution >= 0.6 is 0 Å². The van der Waals surface area contributed by atoms with Gasteiger partial charge in [0.25, 0.3) is 5.91 Å². The molecule has 0 bridgehead atoms. The molecule has 3 atom stereocenters. The first-order chi connectivity index (χ1) is 18.3. The van der Waals surface area contributed by atoms with E-state index in [1.807, 2.05) is 27.7 Å². The average Bonchev–Trinajstić information content (AvgIpc) is 2.85. The Bertz CT molecular complexity index is 1110. The highest BCUT2D eigenvalue weighted by molar-refractivity contribution is 5.99. The van der Waals surface area contributed by atoms with Crippen LogP contribution in [0.2, 0.25) is 0 Å². The van der Waals surface area contributed by atoms with E-state index in [1.165, 1.54) is 11.0 Å². The minimum absolute atomic E-state index is 0.0596. The van der Waals surface area contributed by atoms with Crippen LogP contribution in [0.1, 0.15) is 72.9 Å². The molecule has 214 valence electrons. The van der Waals surface area contributed by atoms with Crippen molar-refractivity contribution < 1.29 is 29.0 Å². The second-order valence-corrected chi connectivity index (χ2v) is 11.0. The molecule has 0 aromatic heterocycles. The second kappa shape index (κ2) is 13.9. The largest absolute Gasteiger partial charge is 0.508 e. The molecule has 3 unspecified atom stereocenters. The normalized spacial score (nSPS) is 13.7. The fraction of sp³-hybridized carbons (Fsp3) is 0.500. The summed E-state index contributed by atoms with van der Waals surface area (Å²) in [5, 5.41) is 16.4. The van der Waals surface area contributed by atoms with Gasteiger partial charge in [-0.3, -0.25) is 9.59 Å². The number of hydrogen-bond donors (Lipinski definition) is 3. The van der Waals surface area contributed by atoms with Gasteiger partial charge in [-0.2, -0.15) is 0 Å². The van der Waals surface area contributed by atoms with Crippen LogP contribution in [0, 0.1) is 5.92 Å². The Hall–Kier alpha value is -3.75. The number of phenolic OH excluding ortho intramolecular Hbond substituents is 1. The Morgan fingerprint density at radius 1 is 1.00 bits per heavy atom. The summed E-state index contributed by atoms with van der Waals surface area (Å²) in [4.78, 5) is 42.3. The zero-order chi connectivity index (χ0) is 29.3. The van der Waals surface area contributed by atoms with E-state index in [1.54, 1.807) is 70.3 Å². The van der Waals surface area contributed by atoms with Crippen LogP contribution in [0.3, 0.4) is 0 Å². The fourth-order valence-corrected chi connectivity index (χ4v) is 4.14. The van der Waals surface area contributed by atoms with Crippen LogP contribution < -0.4 is 15.4 Å². The smallest absolute Gasteiger partial charge is 0.408 e. The number of rotatable bonds is 11. The molecule has 0 aliphatic heterocycles. The van der Waals surface area contributed by atoms with Crippen molar-refractivity contribution in [3.05, 3.63) is 54.1 Å². The van der Waals surface area contributed by atoms with Crippen LogP contribution in [-0.2, 0) is 14.3 Å². The van der Waals surface area contributed by atoms with Crippen LogP contribution in [0.4, 0.5) is 10.5 Å². The van der Waals surface area contributed by atoms with Crippen LogP contribution in [0.25, 0.3) is 0 Å². The fourth-order valence-electron chi connectivity index (χ4n) is 4.14. The van der Waals surface area contributed by atoms with Crippen molar-refractivity contribution in [2.45, 2.75) is 85.0 Å². The number of anilines is 1.